The summed E-state index contributed by atoms with van der Waals surface area (Å²) in [5.41, 5.74) is 2.80. The van der Waals surface area contributed by atoms with Gasteiger partial charge in [0.05, 0.1) is 30.0 Å². The topological polar surface area (TPSA) is 99.9 Å². The van der Waals surface area contributed by atoms with Crippen molar-refractivity contribution in [1.82, 2.24) is 9.97 Å². The summed E-state index contributed by atoms with van der Waals surface area (Å²) in [6, 6.07) is 12.2. The molecule has 0 saturated heterocycles. The van der Waals surface area contributed by atoms with E-state index in [1.165, 1.54) is 12.4 Å². The highest BCUT2D eigenvalue weighted by Gasteiger charge is 2.11. The molecule has 1 amide bonds. The predicted molar refractivity (Wildman–Crippen MR) is 107 cm³/mol. The second-order valence-corrected chi connectivity index (χ2v) is 6.28. The van der Waals surface area contributed by atoms with Crippen molar-refractivity contribution in [2.24, 2.45) is 0 Å². The van der Waals surface area contributed by atoms with Crippen molar-refractivity contribution in [1.29, 1.82) is 5.26 Å². The third kappa shape index (κ3) is 4.37. The maximum atomic E-state index is 12.3. The number of benzene rings is 2. The molecular weight excluding hydrogens is 378 g/mol. The molecule has 140 valence electrons. The fourth-order valence-corrected chi connectivity index (χ4v) is 2.58. The van der Waals surface area contributed by atoms with Crippen LogP contribution in [0.5, 0.6) is 5.75 Å². The number of amides is 1. The number of aryl methyl sites for hydroxylation is 1. The number of carbonyl (C=O) groups excluding carboxylic acids is 1. The van der Waals surface area contributed by atoms with Crippen LogP contribution in [0.4, 0.5) is 17.3 Å². The zero-order valence-electron chi connectivity index (χ0n) is 15.2. The second-order valence-electron chi connectivity index (χ2n) is 5.87. The number of nitrogens with one attached hydrogen (secondary N) is 2. The first-order valence-corrected chi connectivity index (χ1v) is 8.62. The number of carbonyl (C=O) groups is 1. The zero-order valence-corrected chi connectivity index (χ0v) is 15.9. The van der Waals surface area contributed by atoms with Gasteiger partial charge < -0.3 is 15.4 Å². The minimum absolute atomic E-state index is 0.284. The molecule has 0 saturated carbocycles. The van der Waals surface area contributed by atoms with Gasteiger partial charge in [-0.25, -0.2) is 9.97 Å². The van der Waals surface area contributed by atoms with Crippen molar-refractivity contribution < 1.29 is 9.53 Å². The normalized spacial score (nSPS) is 10.1. The summed E-state index contributed by atoms with van der Waals surface area (Å²) in [5, 5.41) is 15.3. The lowest BCUT2D eigenvalue weighted by Gasteiger charge is -2.12. The van der Waals surface area contributed by atoms with Gasteiger partial charge in [0.25, 0.3) is 5.91 Å². The number of nitrogens with zero attached hydrogens (tertiary/aromatic N) is 3. The Morgan fingerprint density at radius 2 is 1.96 bits per heavy atom. The number of anilines is 3. The highest BCUT2D eigenvalue weighted by Crippen LogP contribution is 2.32. The van der Waals surface area contributed by atoms with Gasteiger partial charge in [0.1, 0.15) is 5.75 Å². The molecule has 0 fully saturated rings. The van der Waals surface area contributed by atoms with Crippen LogP contribution in [0.25, 0.3) is 0 Å². The summed E-state index contributed by atoms with van der Waals surface area (Å²) in [6.45, 7) is 1.88. The number of methoxy groups -OCH3 is 1. The average Bonchev–Trinajstić information content (AvgIpc) is 2.71. The van der Waals surface area contributed by atoms with Gasteiger partial charge in [-0.2, -0.15) is 5.26 Å². The quantitative estimate of drug-likeness (QED) is 0.669. The largest absolute Gasteiger partial charge is 0.495 e. The minimum Gasteiger partial charge on any atom is -0.495 e. The van der Waals surface area contributed by atoms with Gasteiger partial charge in [-0.1, -0.05) is 17.7 Å². The van der Waals surface area contributed by atoms with E-state index in [4.69, 9.17) is 21.6 Å². The molecule has 0 spiro atoms. The van der Waals surface area contributed by atoms with Crippen molar-refractivity contribution in [2.45, 2.75) is 6.92 Å². The molecule has 0 unspecified atom stereocenters. The van der Waals surface area contributed by atoms with Crippen LogP contribution in [-0.4, -0.2) is 23.0 Å². The van der Waals surface area contributed by atoms with E-state index >= 15 is 0 Å². The molecule has 0 aliphatic carbocycles. The fourth-order valence-electron chi connectivity index (χ4n) is 2.43. The van der Waals surface area contributed by atoms with E-state index in [0.29, 0.717) is 33.7 Å². The molecule has 2 aromatic carbocycles. The van der Waals surface area contributed by atoms with Gasteiger partial charge in [-0.05, 0) is 36.8 Å². The summed E-state index contributed by atoms with van der Waals surface area (Å²) >= 11 is 6.11. The lowest BCUT2D eigenvalue weighted by molar-refractivity contribution is 0.102. The maximum absolute atomic E-state index is 12.3. The number of rotatable bonds is 5. The number of nitriles is 1. The van der Waals surface area contributed by atoms with Gasteiger partial charge in [-0.15, -0.1) is 0 Å². The van der Waals surface area contributed by atoms with E-state index < -0.39 is 0 Å². The minimum atomic E-state index is -0.374. The third-order valence-corrected chi connectivity index (χ3v) is 4.30. The molecule has 1 heterocycles. The van der Waals surface area contributed by atoms with Crippen LogP contribution in [0.15, 0.2) is 48.8 Å². The molecule has 7 nitrogen and oxygen atoms in total. The van der Waals surface area contributed by atoms with Crippen LogP contribution >= 0.6 is 11.6 Å². The van der Waals surface area contributed by atoms with E-state index in [1.807, 2.05) is 19.1 Å². The van der Waals surface area contributed by atoms with Crippen molar-refractivity contribution >= 4 is 34.8 Å². The first-order valence-electron chi connectivity index (χ1n) is 8.25. The second kappa shape index (κ2) is 8.37. The summed E-state index contributed by atoms with van der Waals surface area (Å²) < 4.78 is 5.31. The Bertz CT molecular complexity index is 1060. The molecule has 0 aliphatic rings. The molecule has 28 heavy (non-hydrogen) atoms. The Hall–Kier alpha value is -3.63. The monoisotopic (exact) mass is 393 g/mol. The van der Waals surface area contributed by atoms with Crippen LogP contribution in [-0.2, 0) is 0 Å². The summed E-state index contributed by atoms with van der Waals surface area (Å²) in [5.74, 6) is 0.489. The Balaban J connectivity index is 1.74. The van der Waals surface area contributed by atoms with Crippen LogP contribution in [0.2, 0.25) is 5.02 Å². The first kappa shape index (κ1) is 19.1. The van der Waals surface area contributed by atoms with Gasteiger partial charge in [0.15, 0.2) is 0 Å². The molecule has 3 aromatic rings. The molecule has 1 aromatic heterocycles. The summed E-state index contributed by atoms with van der Waals surface area (Å²) in [4.78, 5) is 20.7. The van der Waals surface area contributed by atoms with E-state index in [2.05, 4.69) is 20.6 Å². The van der Waals surface area contributed by atoms with Gasteiger partial charge in [0, 0.05) is 29.2 Å². The molecule has 2 N–H and O–H groups in total. The highest BCUT2D eigenvalue weighted by atomic mass is 35.5. The van der Waals surface area contributed by atoms with E-state index in [9.17, 15) is 4.79 Å². The predicted octanol–water partition coefficient (Wildman–Crippen LogP) is 4.31. The standard InChI is InChI=1S/C20H16ClN5O2/c1-12-6-17(18(28-2)8-16(12)21)26-20-23-10-14(11-24-20)19(27)25-15-5-3-4-13(7-15)9-22/h3-8,10-11H,1-2H3,(H,25,27)(H,23,24,26). The van der Waals surface area contributed by atoms with Crippen molar-refractivity contribution in [3.8, 4) is 11.8 Å². The Morgan fingerprint density at radius 1 is 1.21 bits per heavy atom. The number of aromatic nitrogens is 2. The number of halogens is 1. The van der Waals surface area contributed by atoms with Crippen LogP contribution in [0.1, 0.15) is 21.5 Å². The van der Waals surface area contributed by atoms with Crippen LogP contribution in [0.3, 0.4) is 0 Å². The maximum Gasteiger partial charge on any atom is 0.258 e. The number of ether oxygens (including phenoxy) is 1. The number of hydrogen-bond donors (Lipinski definition) is 2. The molecule has 0 atom stereocenters. The van der Waals surface area contributed by atoms with E-state index in [-0.39, 0.29) is 11.5 Å². The third-order valence-electron chi connectivity index (χ3n) is 3.89. The highest BCUT2D eigenvalue weighted by molar-refractivity contribution is 6.31. The molecular formula is C20H16ClN5O2. The molecule has 3 rings (SSSR count). The van der Waals surface area contributed by atoms with Crippen molar-refractivity contribution in [3.63, 3.8) is 0 Å². The fraction of sp³-hybridized carbons (Fsp3) is 0.100. The van der Waals surface area contributed by atoms with Gasteiger partial charge >= 0.3 is 0 Å². The molecule has 8 heteroatoms. The molecule has 0 radical (unpaired) electrons. The van der Waals surface area contributed by atoms with Crippen LogP contribution < -0.4 is 15.4 Å². The zero-order chi connectivity index (χ0) is 20.1. The Labute approximate surface area is 167 Å². The van der Waals surface area contributed by atoms with E-state index in [0.717, 1.165) is 5.56 Å². The van der Waals surface area contributed by atoms with Crippen molar-refractivity contribution in [3.05, 3.63) is 70.5 Å². The summed E-state index contributed by atoms with van der Waals surface area (Å²) in [6.07, 6.45) is 2.82. The Kier molecular flexibility index (Phi) is 5.72. The lowest BCUT2D eigenvalue weighted by atomic mass is 10.2. The average molecular weight is 394 g/mol. The number of hydrogen-bond acceptors (Lipinski definition) is 6. The van der Waals surface area contributed by atoms with E-state index in [1.54, 1.807) is 37.4 Å². The lowest BCUT2D eigenvalue weighted by Crippen LogP contribution is -2.13. The van der Waals surface area contributed by atoms with Gasteiger partial charge in [0.2, 0.25) is 5.95 Å². The van der Waals surface area contributed by atoms with Gasteiger partial charge in [-0.3, -0.25) is 4.79 Å². The van der Waals surface area contributed by atoms with Crippen LogP contribution in [0, 0.1) is 18.3 Å². The molecule has 0 bridgehead atoms. The first-order chi connectivity index (χ1) is 13.5. The summed E-state index contributed by atoms with van der Waals surface area (Å²) in [7, 11) is 1.54. The Morgan fingerprint density at radius 3 is 2.64 bits per heavy atom. The smallest absolute Gasteiger partial charge is 0.258 e. The van der Waals surface area contributed by atoms with Crippen molar-refractivity contribution in [2.75, 3.05) is 17.7 Å². The molecule has 0 aliphatic heterocycles. The SMILES string of the molecule is COc1cc(Cl)c(C)cc1Nc1ncc(C(=O)Nc2cccc(C#N)c2)cn1.